The topological polar surface area (TPSA) is 89.3 Å². The number of hydrogen-bond acceptors (Lipinski definition) is 3. The van der Waals surface area contributed by atoms with E-state index in [1.54, 1.807) is 0 Å². The van der Waals surface area contributed by atoms with Crippen LogP contribution < -0.4 is 11.5 Å². The molecule has 0 saturated carbocycles. The van der Waals surface area contributed by atoms with Gasteiger partial charge in [-0.2, -0.15) is 0 Å². The van der Waals surface area contributed by atoms with Gasteiger partial charge in [-0.15, -0.1) is 0 Å². The van der Waals surface area contributed by atoms with Gasteiger partial charge in [0.1, 0.15) is 0 Å². The van der Waals surface area contributed by atoms with Crippen molar-refractivity contribution in [3.05, 3.63) is 35.9 Å². The molecular formula is C12H18N2O2Se. The van der Waals surface area contributed by atoms with E-state index in [2.05, 4.69) is 5.82 Å². The third-order valence-electron chi connectivity index (χ3n) is 2.60. The molecule has 0 bridgehead atoms. The summed E-state index contributed by atoms with van der Waals surface area (Å²) in [5.74, 6) is 0.943. The number of nitrogens with two attached hydrogens (primary N) is 2. The van der Waals surface area contributed by atoms with Gasteiger partial charge in [-0.1, -0.05) is 0 Å². The molecular weight excluding hydrogens is 283 g/mol. The molecule has 5 heteroatoms. The summed E-state index contributed by atoms with van der Waals surface area (Å²) in [4.78, 5) is 11.1. The third kappa shape index (κ3) is 4.48. The first-order chi connectivity index (χ1) is 7.95. The van der Waals surface area contributed by atoms with Crippen molar-refractivity contribution in [2.45, 2.75) is 29.1 Å². The molecule has 0 fully saturated rings. The Morgan fingerprint density at radius 3 is 2.47 bits per heavy atom. The minimum atomic E-state index is -1.61. The fourth-order valence-electron chi connectivity index (χ4n) is 1.58. The van der Waals surface area contributed by atoms with Crippen LogP contribution in [0.5, 0.6) is 0 Å². The van der Waals surface area contributed by atoms with Crippen LogP contribution in [0.2, 0.25) is 10.6 Å². The zero-order valence-electron chi connectivity index (χ0n) is 9.80. The molecule has 1 atom stereocenters. The predicted molar refractivity (Wildman–Crippen MR) is 68.9 cm³/mol. The second-order valence-electron chi connectivity index (χ2n) is 4.10. The molecule has 0 spiro atoms. The van der Waals surface area contributed by atoms with Gasteiger partial charge in [-0.3, -0.25) is 0 Å². The second-order valence-corrected chi connectivity index (χ2v) is 6.48. The summed E-state index contributed by atoms with van der Waals surface area (Å²) in [7, 11) is 0. The quantitative estimate of drug-likeness (QED) is 0.537. The molecule has 94 valence electrons. The number of carboxylic acid groups (broad SMARTS) is 1. The van der Waals surface area contributed by atoms with E-state index in [0.717, 1.165) is 6.42 Å². The second kappa shape index (κ2) is 6.17. The molecule has 17 heavy (non-hydrogen) atoms. The van der Waals surface area contributed by atoms with E-state index in [0.29, 0.717) is 21.4 Å². The molecule has 1 aromatic rings. The van der Waals surface area contributed by atoms with Crippen molar-refractivity contribution in [3.63, 3.8) is 0 Å². The van der Waals surface area contributed by atoms with Gasteiger partial charge in [0.15, 0.2) is 0 Å². The van der Waals surface area contributed by atoms with Crippen LogP contribution in [0, 0.1) is 0 Å². The van der Waals surface area contributed by atoms with Crippen molar-refractivity contribution in [2.24, 2.45) is 11.5 Å². The molecule has 0 aromatic heterocycles. The van der Waals surface area contributed by atoms with Crippen molar-refractivity contribution in [1.82, 2.24) is 0 Å². The Morgan fingerprint density at radius 1 is 1.41 bits per heavy atom. The van der Waals surface area contributed by atoms with Gasteiger partial charge in [0, 0.05) is 0 Å². The minimum absolute atomic E-state index is 0.246. The number of carboxylic acids is 1. The van der Waals surface area contributed by atoms with Gasteiger partial charge in [-0.25, -0.2) is 0 Å². The maximum atomic E-state index is 10.9. The Bertz CT molecular complexity index is 368. The van der Waals surface area contributed by atoms with Gasteiger partial charge < -0.3 is 0 Å². The number of carbonyl (C=O) groups is 1. The van der Waals surface area contributed by atoms with Crippen LogP contribution in [0.4, 0.5) is 0 Å². The average Bonchev–Trinajstić information content (AvgIpc) is 2.29. The van der Waals surface area contributed by atoms with E-state index in [-0.39, 0.29) is 4.82 Å². The van der Waals surface area contributed by atoms with Gasteiger partial charge >= 0.3 is 107 Å². The number of rotatable bonds is 6. The first kappa shape index (κ1) is 14.2. The zero-order chi connectivity index (χ0) is 12.9. The molecule has 0 aliphatic rings. The van der Waals surface area contributed by atoms with Crippen LogP contribution in [0.15, 0.2) is 30.3 Å². The van der Waals surface area contributed by atoms with E-state index >= 15 is 0 Å². The monoisotopic (exact) mass is 302 g/mol. The van der Waals surface area contributed by atoms with Crippen LogP contribution in [-0.2, 0) is 11.2 Å². The molecule has 5 N–H and O–H groups in total. The Kier molecular flexibility index (Phi) is 5.15. The van der Waals surface area contributed by atoms with Crippen LogP contribution in [-0.4, -0.2) is 31.7 Å². The SMILES string of the molecule is C[Se]C(Cc1ccccc1)CC(N)(N)C(=O)O. The van der Waals surface area contributed by atoms with Crippen LogP contribution >= 0.6 is 0 Å². The van der Waals surface area contributed by atoms with Crippen LogP contribution in [0.25, 0.3) is 0 Å². The summed E-state index contributed by atoms with van der Waals surface area (Å²) in [5.41, 5.74) is 10.7. The van der Waals surface area contributed by atoms with E-state index in [9.17, 15) is 4.79 Å². The number of aliphatic carboxylic acids is 1. The summed E-state index contributed by atoms with van der Waals surface area (Å²) in [6, 6.07) is 9.99. The Labute approximate surface area is 108 Å². The molecule has 0 aliphatic heterocycles. The standard InChI is InChI=1S/C12H18N2O2Se/c1-17-10(8-12(13,14)11(15)16)7-9-5-3-2-4-6-9/h2-6,10H,7-8,13-14H2,1H3,(H,15,16). The van der Waals surface area contributed by atoms with Gasteiger partial charge in [0.25, 0.3) is 0 Å². The fraction of sp³-hybridized carbons (Fsp3) is 0.417. The summed E-state index contributed by atoms with van der Waals surface area (Å²) >= 11 is 0.315. The van der Waals surface area contributed by atoms with E-state index in [1.165, 1.54) is 5.56 Å². The van der Waals surface area contributed by atoms with Gasteiger partial charge in [0.2, 0.25) is 0 Å². The van der Waals surface area contributed by atoms with Crippen LogP contribution in [0.3, 0.4) is 0 Å². The number of benzene rings is 1. The van der Waals surface area contributed by atoms with Crippen molar-refractivity contribution in [1.29, 1.82) is 0 Å². The third-order valence-corrected chi connectivity index (χ3v) is 4.70. The first-order valence-electron chi connectivity index (χ1n) is 5.33. The zero-order valence-corrected chi connectivity index (χ0v) is 11.5. The van der Waals surface area contributed by atoms with Gasteiger partial charge in [0.05, 0.1) is 0 Å². The molecule has 0 amide bonds. The number of hydrogen-bond donors (Lipinski definition) is 3. The first-order valence-corrected chi connectivity index (χ1v) is 8.04. The maximum absolute atomic E-state index is 10.9. The molecule has 0 aliphatic carbocycles. The molecule has 0 saturated heterocycles. The molecule has 1 unspecified atom stereocenters. The van der Waals surface area contributed by atoms with E-state index < -0.39 is 11.6 Å². The molecule has 0 heterocycles. The normalized spacial score (nSPS) is 13.4. The molecule has 0 radical (unpaired) electrons. The van der Waals surface area contributed by atoms with E-state index in [1.807, 2.05) is 30.3 Å². The summed E-state index contributed by atoms with van der Waals surface area (Å²) in [5, 5.41) is 8.91. The molecule has 1 rings (SSSR count). The van der Waals surface area contributed by atoms with Crippen molar-refractivity contribution in [2.75, 3.05) is 0 Å². The Morgan fingerprint density at radius 2 is 2.00 bits per heavy atom. The van der Waals surface area contributed by atoms with Crippen LogP contribution in [0.1, 0.15) is 12.0 Å². The molecule has 1 aromatic carbocycles. The fourth-order valence-corrected chi connectivity index (χ4v) is 3.26. The summed E-state index contributed by atoms with van der Waals surface area (Å²) in [6.45, 7) is 0. The van der Waals surface area contributed by atoms with E-state index in [4.69, 9.17) is 16.6 Å². The van der Waals surface area contributed by atoms with Crippen molar-refractivity contribution < 1.29 is 9.90 Å². The summed E-state index contributed by atoms with van der Waals surface area (Å²) < 4.78 is 0. The summed E-state index contributed by atoms with van der Waals surface area (Å²) in [6.07, 6.45) is 1.15. The van der Waals surface area contributed by atoms with Crippen molar-refractivity contribution in [3.8, 4) is 0 Å². The predicted octanol–water partition coefficient (Wildman–Crippen LogP) is 0.858. The Balaban J connectivity index is 2.64. The average molecular weight is 301 g/mol. The molecule has 4 nitrogen and oxygen atoms in total. The Hall–Kier alpha value is -0.871. The van der Waals surface area contributed by atoms with Crippen molar-refractivity contribution >= 4 is 20.9 Å². The van der Waals surface area contributed by atoms with Gasteiger partial charge in [-0.05, 0) is 0 Å².